The summed E-state index contributed by atoms with van der Waals surface area (Å²) in [5, 5.41) is 3.52. The molecular formula is C12H15N3O2S2. The minimum Gasteiger partial charge on any atom is -0.397 e. The van der Waals surface area contributed by atoms with Crippen molar-refractivity contribution in [2.45, 2.75) is 6.92 Å². The summed E-state index contributed by atoms with van der Waals surface area (Å²) in [6.07, 6.45) is 1.60. The lowest BCUT2D eigenvalue weighted by atomic mass is 10.2. The lowest BCUT2D eigenvalue weighted by Gasteiger charge is -2.02. The van der Waals surface area contributed by atoms with E-state index < -0.39 is 10.8 Å². The molecule has 0 saturated carbocycles. The number of aryl methyl sites for hydroxylation is 1. The fraction of sp³-hybridized carbons (Fsp3) is 0.333. The van der Waals surface area contributed by atoms with E-state index in [9.17, 15) is 9.00 Å². The standard InChI is InChI=1S/C12H15N3O2S2/c1-7-3-4-8-9(13)10(18-12(8)15-7)11(16)14-5-6-19(2)17/h3-4H,5-6,13H2,1-2H3,(H,14,16). The summed E-state index contributed by atoms with van der Waals surface area (Å²) < 4.78 is 10.9. The van der Waals surface area contributed by atoms with E-state index in [0.29, 0.717) is 22.9 Å². The Balaban J connectivity index is 2.22. The third kappa shape index (κ3) is 3.10. The lowest BCUT2D eigenvalue weighted by Crippen LogP contribution is -2.27. The van der Waals surface area contributed by atoms with E-state index in [1.54, 1.807) is 6.26 Å². The van der Waals surface area contributed by atoms with Gasteiger partial charge in [-0.3, -0.25) is 9.00 Å². The van der Waals surface area contributed by atoms with Crippen molar-refractivity contribution in [2.24, 2.45) is 0 Å². The van der Waals surface area contributed by atoms with Gasteiger partial charge in [0.25, 0.3) is 5.91 Å². The van der Waals surface area contributed by atoms with Crippen LogP contribution in [-0.2, 0) is 10.8 Å². The van der Waals surface area contributed by atoms with Crippen molar-refractivity contribution < 1.29 is 9.00 Å². The number of hydrogen-bond donors (Lipinski definition) is 2. The average molecular weight is 297 g/mol. The number of nitrogen functional groups attached to an aromatic ring is 1. The quantitative estimate of drug-likeness (QED) is 0.890. The molecule has 0 radical (unpaired) electrons. The molecule has 1 atom stereocenters. The van der Waals surface area contributed by atoms with E-state index in [4.69, 9.17) is 5.73 Å². The van der Waals surface area contributed by atoms with Crippen molar-refractivity contribution in [1.29, 1.82) is 0 Å². The second-order valence-corrected chi connectivity index (χ2v) is 6.74. The number of thiophene rings is 1. The van der Waals surface area contributed by atoms with E-state index in [1.807, 2.05) is 19.1 Å². The van der Waals surface area contributed by atoms with Crippen molar-refractivity contribution in [3.63, 3.8) is 0 Å². The van der Waals surface area contributed by atoms with E-state index in [0.717, 1.165) is 15.9 Å². The number of pyridine rings is 1. The number of fused-ring (bicyclic) bond motifs is 1. The molecule has 0 aliphatic heterocycles. The monoisotopic (exact) mass is 297 g/mol. The number of nitrogens with zero attached hydrogens (tertiary/aromatic N) is 1. The van der Waals surface area contributed by atoms with Crippen molar-refractivity contribution in [3.8, 4) is 0 Å². The van der Waals surface area contributed by atoms with Crippen LogP contribution in [0.25, 0.3) is 10.2 Å². The normalized spacial score (nSPS) is 12.5. The van der Waals surface area contributed by atoms with Gasteiger partial charge >= 0.3 is 0 Å². The van der Waals surface area contributed by atoms with Gasteiger partial charge in [-0.1, -0.05) is 0 Å². The van der Waals surface area contributed by atoms with Crippen LogP contribution in [-0.4, -0.2) is 33.7 Å². The summed E-state index contributed by atoms with van der Waals surface area (Å²) in [5.74, 6) is 0.206. The summed E-state index contributed by atoms with van der Waals surface area (Å²) in [7, 11) is -0.916. The Morgan fingerprint density at radius 3 is 2.95 bits per heavy atom. The Morgan fingerprint density at radius 2 is 2.26 bits per heavy atom. The zero-order valence-corrected chi connectivity index (χ0v) is 12.4. The highest BCUT2D eigenvalue weighted by Crippen LogP contribution is 2.32. The van der Waals surface area contributed by atoms with Crippen LogP contribution in [0.2, 0.25) is 0 Å². The highest BCUT2D eigenvalue weighted by Gasteiger charge is 2.16. The van der Waals surface area contributed by atoms with Gasteiger partial charge < -0.3 is 11.1 Å². The number of amides is 1. The first-order valence-electron chi connectivity index (χ1n) is 5.73. The van der Waals surface area contributed by atoms with Crippen LogP contribution in [0.15, 0.2) is 12.1 Å². The molecule has 7 heteroatoms. The van der Waals surface area contributed by atoms with E-state index in [-0.39, 0.29) is 5.91 Å². The molecule has 0 bridgehead atoms. The molecule has 2 aromatic rings. The van der Waals surface area contributed by atoms with Crippen molar-refractivity contribution >= 4 is 43.9 Å². The Labute approximate surface area is 117 Å². The number of rotatable bonds is 4. The minimum absolute atomic E-state index is 0.233. The van der Waals surface area contributed by atoms with Crippen molar-refractivity contribution in [3.05, 3.63) is 22.7 Å². The number of hydrogen-bond acceptors (Lipinski definition) is 5. The maximum atomic E-state index is 12.0. The summed E-state index contributed by atoms with van der Waals surface area (Å²) >= 11 is 1.28. The minimum atomic E-state index is -0.916. The maximum Gasteiger partial charge on any atom is 0.263 e. The van der Waals surface area contributed by atoms with Crippen LogP contribution in [0.5, 0.6) is 0 Å². The molecule has 0 fully saturated rings. The number of aromatic nitrogens is 1. The molecule has 0 aliphatic rings. The van der Waals surface area contributed by atoms with Crippen LogP contribution in [0, 0.1) is 6.92 Å². The molecule has 2 heterocycles. The van der Waals surface area contributed by atoms with E-state index in [2.05, 4.69) is 10.3 Å². The summed E-state index contributed by atoms with van der Waals surface area (Å²) in [5.41, 5.74) is 7.32. The lowest BCUT2D eigenvalue weighted by molar-refractivity contribution is 0.0961. The van der Waals surface area contributed by atoms with Crippen molar-refractivity contribution in [2.75, 3.05) is 24.3 Å². The molecule has 5 nitrogen and oxygen atoms in total. The maximum absolute atomic E-state index is 12.0. The number of nitrogens with two attached hydrogens (primary N) is 1. The molecular weight excluding hydrogens is 282 g/mol. The smallest absolute Gasteiger partial charge is 0.263 e. The molecule has 0 saturated heterocycles. The number of carbonyl (C=O) groups excluding carboxylic acids is 1. The van der Waals surface area contributed by atoms with Crippen LogP contribution < -0.4 is 11.1 Å². The molecule has 19 heavy (non-hydrogen) atoms. The van der Waals surface area contributed by atoms with Gasteiger partial charge in [0.1, 0.15) is 9.71 Å². The fourth-order valence-corrected chi connectivity index (χ4v) is 3.09. The van der Waals surface area contributed by atoms with Gasteiger partial charge in [-0.05, 0) is 19.1 Å². The SMILES string of the molecule is Cc1ccc2c(N)c(C(=O)NCCS(C)=O)sc2n1. The number of carbonyl (C=O) groups is 1. The molecule has 102 valence electrons. The van der Waals surface area contributed by atoms with Gasteiger partial charge in [-0.2, -0.15) is 0 Å². The molecule has 3 N–H and O–H groups in total. The van der Waals surface area contributed by atoms with Gasteiger partial charge in [-0.15, -0.1) is 11.3 Å². The third-order valence-corrected chi connectivity index (χ3v) is 4.51. The van der Waals surface area contributed by atoms with Gasteiger partial charge in [0.05, 0.1) is 5.69 Å². The second-order valence-electron chi connectivity index (χ2n) is 4.18. The Morgan fingerprint density at radius 1 is 1.53 bits per heavy atom. The Kier molecular flexibility index (Phi) is 4.16. The predicted molar refractivity (Wildman–Crippen MR) is 80.0 cm³/mol. The predicted octanol–water partition coefficient (Wildman–Crippen LogP) is 1.30. The largest absolute Gasteiger partial charge is 0.397 e. The van der Waals surface area contributed by atoms with E-state index in [1.165, 1.54) is 11.3 Å². The first kappa shape index (κ1) is 14.0. The number of nitrogens with one attached hydrogen (secondary N) is 1. The molecule has 1 amide bonds. The van der Waals surface area contributed by atoms with Crippen LogP contribution >= 0.6 is 11.3 Å². The van der Waals surface area contributed by atoms with Crippen LogP contribution in [0.4, 0.5) is 5.69 Å². The Hall–Kier alpha value is -1.47. The van der Waals surface area contributed by atoms with Crippen LogP contribution in [0.3, 0.4) is 0 Å². The van der Waals surface area contributed by atoms with Gasteiger partial charge in [0.15, 0.2) is 0 Å². The molecule has 2 rings (SSSR count). The molecule has 2 aromatic heterocycles. The molecule has 0 aliphatic carbocycles. The average Bonchev–Trinajstić information content (AvgIpc) is 2.65. The topological polar surface area (TPSA) is 85.1 Å². The second kappa shape index (κ2) is 5.66. The zero-order chi connectivity index (χ0) is 14.0. The van der Waals surface area contributed by atoms with E-state index >= 15 is 0 Å². The van der Waals surface area contributed by atoms with Gasteiger partial charge in [0, 0.05) is 40.4 Å². The highest BCUT2D eigenvalue weighted by molar-refractivity contribution is 7.84. The summed E-state index contributed by atoms with van der Waals surface area (Å²) in [6, 6.07) is 3.74. The zero-order valence-electron chi connectivity index (χ0n) is 10.7. The first-order chi connectivity index (χ1) is 8.99. The van der Waals surface area contributed by atoms with Gasteiger partial charge in [0.2, 0.25) is 0 Å². The summed E-state index contributed by atoms with van der Waals surface area (Å²) in [6.45, 7) is 2.27. The van der Waals surface area contributed by atoms with Crippen molar-refractivity contribution in [1.82, 2.24) is 10.3 Å². The summed E-state index contributed by atoms with van der Waals surface area (Å²) in [4.78, 5) is 17.6. The number of anilines is 1. The molecule has 0 aromatic carbocycles. The molecule has 0 spiro atoms. The van der Waals surface area contributed by atoms with Crippen LogP contribution in [0.1, 0.15) is 15.4 Å². The fourth-order valence-electron chi connectivity index (χ4n) is 1.65. The highest BCUT2D eigenvalue weighted by atomic mass is 32.2. The molecule has 1 unspecified atom stereocenters. The first-order valence-corrected chi connectivity index (χ1v) is 8.27. The third-order valence-electron chi connectivity index (χ3n) is 2.61. The Bertz CT molecular complexity index is 652. The van der Waals surface area contributed by atoms with Gasteiger partial charge in [-0.25, -0.2) is 4.98 Å².